The third kappa shape index (κ3) is 8.50. The first kappa shape index (κ1) is 22.1. The summed E-state index contributed by atoms with van der Waals surface area (Å²) in [4.78, 5) is 6.63. The van der Waals surface area contributed by atoms with Crippen LogP contribution in [0.25, 0.3) is 0 Å². The predicted molar refractivity (Wildman–Crippen MR) is 107 cm³/mol. The van der Waals surface area contributed by atoms with Gasteiger partial charge in [-0.15, -0.1) is 24.0 Å². The van der Waals surface area contributed by atoms with Crippen LogP contribution in [0.5, 0.6) is 0 Å². The molecule has 132 valence electrons. The summed E-state index contributed by atoms with van der Waals surface area (Å²) in [7, 11) is 1.77. The number of rotatable bonds is 8. The molecule has 4 nitrogen and oxygen atoms in total. The van der Waals surface area contributed by atoms with Crippen LogP contribution in [-0.2, 0) is 6.42 Å². The highest BCUT2D eigenvalue weighted by Crippen LogP contribution is 2.02. The summed E-state index contributed by atoms with van der Waals surface area (Å²) < 4.78 is 12.8. The van der Waals surface area contributed by atoms with Crippen molar-refractivity contribution in [3.8, 4) is 0 Å². The lowest BCUT2D eigenvalue weighted by molar-refractivity contribution is 0.231. The smallest absolute Gasteiger partial charge is 0.191 e. The van der Waals surface area contributed by atoms with Gasteiger partial charge in [0.05, 0.1) is 0 Å². The lowest BCUT2D eigenvalue weighted by Gasteiger charge is -2.27. The van der Waals surface area contributed by atoms with Crippen LogP contribution in [-0.4, -0.2) is 50.1 Å². The molecule has 0 aliphatic heterocycles. The molecular weight excluding hydrogens is 406 g/mol. The minimum atomic E-state index is -0.195. The molecule has 1 atom stereocenters. The summed E-state index contributed by atoms with van der Waals surface area (Å²) in [5, 5.41) is 6.64. The van der Waals surface area contributed by atoms with E-state index in [1.165, 1.54) is 12.1 Å². The van der Waals surface area contributed by atoms with Gasteiger partial charge in [-0.3, -0.25) is 9.89 Å². The summed E-state index contributed by atoms with van der Waals surface area (Å²) in [5.41, 5.74) is 1.11. The van der Waals surface area contributed by atoms with Gasteiger partial charge < -0.3 is 10.6 Å². The van der Waals surface area contributed by atoms with Crippen molar-refractivity contribution >= 4 is 29.9 Å². The van der Waals surface area contributed by atoms with Crippen molar-refractivity contribution in [2.45, 2.75) is 33.2 Å². The fourth-order valence-corrected chi connectivity index (χ4v) is 2.42. The fraction of sp³-hybridized carbons (Fsp3) is 0.588. The van der Waals surface area contributed by atoms with Crippen molar-refractivity contribution in [2.24, 2.45) is 4.99 Å². The molecule has 0 fully saturated rings. The van der Waals surface area contributed by atoms with Crippen molar-refractivity contribution in [1.82, 2.24) is 15.5 Å². The van der Waals surface area contributed by atoms with E-state index in [0.717, 1.165) is 44.1 Å². The number of likely N-dealkylation sites (N-methyl/N-ethyl adjacent to an activating group) is 1. The van der Waals surface area contributed by atoms with Gasteiger partial charge in [-0.2, -0.15) is 0 Å². The molecule has 0 aliphatic rings. The number of benzene rings is 1. The van der Waals surface area contributed by atoms with E-state index >= 15 is 0 Å². The van der Waals surface area contributed by atoms with Gasteiger partial charge in [0, 0.05) is 26.2 Å². The molecule has 1 aromatic carbocycles. The minimum absolute atomic E-state index is 0. The summed E-state index contributed by atoms with van der Waals surface area (Å²) in [6.45, 7) is 10.3. The first-order valence-corrected chi connectivity index (χ1v) is 8.03. The molecule has 0 amide bonds. The summed E-state index contributed by atoms with van der Waals surface area (Å²) >= 11 is 0. The highest BCUT2D eigenvalue weighted by Gasteiger charge is 2.10. The Morgan fingerprint density at radius 2 is 1.78 bits per heavy atom. The molecule has 1 unspecified atom stereocenters. The number of nitrogens with one attached hydrogen (secondary N) is 2. The van der Waals surface area contributed by atoms with Crippen LogP contribution in [0.15, 0.2) is 29.3 Å². The maximum absolute atomic E-state index is 12.8. The molecule has 6 heteroatoms. The van der Waals surface area contributed by atoms with Gasteiger partial charge in [-0.25, -0.2) is 4.39 Å². The van der Waals surface area contributed by atoms with Crippen LogP contribution in [0.2, 0.25) is 0 Å². The lowest BCUT2D eigenvalue weighted by Crippen LogP contribution is -2.46. The second-order valence-electron chi connectivity index (χ2n) is 5.33. The Morgan fingerprint density at radius 1 is 1.17 bits per heavy atom. The van der Waals surface area contributed by atoms with Crippen LogP contribution >= 0.6 is 24.0 Å². The van der Waals surface area contributed by atoms with E-state index in [4.69, 9.17) is 0 Å². The van der Waals surface area contributed by atoms with E-state index in [-0.39, 0.29) is 29.8 Å². The number of aliphatic imine (C=N–C) groups is 1. The van der Waals surface area contributed by atoms with Crippen molar-refractivity contribution in [2.75, 3.05) is 33.2 Å². The molecule has 0 bridgehead atoms. The van der Waals surface area contributed by atoms with Gasteiger partial charge in [0.2, 0.25) is 0 Å². The molecule has 0 aromatic heterocycles. The molecular formula is C17H30FIN4. The Hall–Kier alpha value is -0.890. The average Bonchev–Trinajstić information content (AvgIpc) is 2.53. The van der Waals surface area contributed by atoms with Crippen molar-refractivity contribution in [1.29, 1.82) is 0 Å². The van der Waals surface area contributed by atoms with E-state index in [0.29, 0.717) is 6.04 Å². The quantitative estimate of drug-likeness (QED) is 0.374. The van der Waals surface area contributed by atoms with Crippen LogP contribution in [0.4, 0.5) is 4.39 Å². The Balaban J connectivity index is 0.00000484. The van der Waals surface area contributed by atoms with E-state index in [9.17, 15) is 4.39 Å². The first-order chi connectivity index (χ1) is 10.6. The SMILES string of the molecule is CCN(CC)C(C)CNC(=NC)NCCc1ccc(F)cc1.I. The Kier molecular flexibility index (Phi) is 12.0. The minimum Gasteiger partial charge on any atom is -0.356 e. The van der Waals surface area contributed by atoms with Gasteiger partial charge in [0.15, 0.2) is 5.96 Å². The zero-order chi connectivity index (χ0) is 16.4. The Bertz CT molecular complexity index is 446. The molecule has 0 radical (unpaired) electrons. The molecule has 0 saturated carbocycles. The van der Waals surface area contributed by atoms with Crippen LogP contribution in [0.1, 0.15) is 26.3 Å². The van der Waals surface area contributed by atoms with Gasteiger partial charge >= 0.3 is 0 Å². The molecule has 2 N–H and O–H groups in total. The second kappa shape index (κ2) is 12.5. The third-order valence-corrected chi connectivity index (χ3v) is 3.84. The van der Waals surface area contributed by atoms with Gasteiger partial charge in [-0.05, 0) is 44.1 Å². The van der Waals surface area contributed by atoms with Crippen molar-refractivity contribution < 1.29 is 4.39 Å². The van der Waals surface area contributed by atoms with E-state index in [2.05, 4.69) is 41.3 Å². The van der Waals surface area contributed by atoms with E-state index in [1.807, 2.05) is 12.1 Å². The first-order valence-electron chi connectivity index (χ1n) is 8.03. The van der Waals surface area contributed by atoms with Crippen LogP contribution < -0.4 is 10.6 Å². The fourth-order valence-electron chi connectivity index (χ4n) is 2.42. The number of nitrogens with zero attached hydrogens (tertiary/aromatic N) is 2. The van der Waals surface area contributed by atoms with E-state index < -0.39 is 0 Å². The summed E-state index contributed by atoms with van der Waals surface area (Å²) in [6.07, 6.45) is 0.840. The maximum Gasteiger partial charge on any atom is 0.191 e. The topological polar surface area (TPSA) is 39.7 Å². The maximum atomic E-state index is 12.8. The molecule has 0 aliphatic carbocycles. The Morgan fingerprint density at radius 3 is 2.30 bits per heavy atom. The molecule has 23 heavy (non-hydrogen) atoms. The molecule has 0 heterocycles. The van der Waals surface area contributed by atoms with Crippen molar-refractivity contribution in [3.05, 3.63) is 35.6 Å². The van der Waals surface area contributed by atoms with Gasteiger partial charge in [0.1, 0.15) is 5.82 Å². The van der Waals surface area contributed by atoms with Gasteiger partial charge in [0.25, 0.3) is 0 Å². The Labute approximate surface area is 157 Å². The third-order valence-electron chi connectivity index (χ3n) is 3.84. The number of hydrogen-bond donors (Lipinski definition) is 2. The zero-order valence-electron chi connectivity index (χ0n) is 14.6. The largest absolute Gasteiger partial charge is 0.356 e. The van der Waals surface area contributed by atoms with Crippen LogP contribution in [0, 0.1) is 5.82 Å². The molecule has 0 spiro atoms. The number of guanidine groups is 1. The monoisotopic (exact) mass is 436 g/mol. The van der Waals surface area contributed by atoms with Crippen LogP contribution in [0.3, 0.4) is 0 Å². The van der Waals surface area contributed by atoms with E-state index in [1.54, 1.807) is 7.05 Å². The summed E-state index contributed by atoms with van der Waals surface area (Å²) in [6, 6.07) is 7.08. The average molecular weight is 436 g/mol. The second-order valence-corrected chi connectivity index (χ2v) is 5.33. The highest BCUT2D eigenvalue weighted by molar-refractivity contribution is 14.0. The molecule has 0 saturated heterocycles. The summed E-state index contributed by atoms with van der Waals surface area (Å²) in [5.74, 6) is 0.612. The molecule has 1 rings (SSSR count). The molecule has 1 aromatic rings. The highest BCUT2D eigenvalue weighted by atomic mass is 127. The normalized spacial score (nSPS) is 12.7. The van der Waals surface area contributed by atoms with Gasteiger partial charge in [-0.1, -0.05) is 26.0 Å². The van der Waals surface area contributed by atoms with Crippen molar-refractivity contribution in [3.63, 3.8) is 0 Å². The zero-order valence-corrected chi connectivity index (χ0v) is 16.9. The number of halogens is 2. The number of hydrogen-bond acceptors (Lipinski definition) is 2. The predicted octanol–water partition coefficient (Wildman–Crippen LogP) is 2.88. The standard InChI is InChI=1S/C17H29FN4.HI/c1-5-22(6-2)14(3)13-21-17(19-4)20-12-11-15-7-9-16(18)10-8-15;/h7-10,14H,5-6,11-13H2,1-4H3,(H2,19,20,21);1H. The lowest BCUT2D eigenvalue weighted by atomic mass is 10.1.